The lowest BCUT2D eigenvalue weighted by Gasteiger charge is -2.33. The Morgan fingerprint density at radius 3 is 1.97 bits per heavy atom. The molecular weight excluding hydrogens is 405 g/mol. The van der Waals surface area contributed by atoms with Crippen LogP contribution in [0.1, 0.15) is 0 Å². The number of nitrogens with zero attached hydrogens (tertiary/aromatic N) is 1. The van der Waals surface area contributed by atoms with Crippen molar-refractivity contribution < 1.29 is 9.47 Å². The van der Waals surface area contributed by atoms with Crippen molar-refractivity contribution in [2.45, 2.75) is 0 Å². The summed E-state index contributed by atoms with van der Waals surface area (Å²) in [5, 5.41) is 0. The highest BCUT2D eigenvalue weighted by molar-refractivity contribution is 6.98. The average Bonchev–Trinajstić information content (AvgIpc) is 2.89. The molecule has 0 N–H and O–H groups in total. The monoisotopic (exact) mass is 423 g/mol. The average molecular weight is 423 g/mol. The highest BCUT2D eigenvalue weighted by Gasteiger charge is 2.40. The van der Waals surface area contributed by atoms with Crippen LogP contribution in [0.5, 0.6) is 23.0 Å². The van der Waals surface area contributed by atoms with Gasteiger partial charge in [-0.05, 0) is 46.8 Å². The molecule has 0 amide bonds. The summed E-state index contributed by atoms with van der Waals surface area (Å²) in [6, 6.07) is 35.1. The van der Waals surface area contributed by atoms with Gasteiger partial charge < -0.3 is 9.47 Å². The van der Waals surface area contributed by atoms with Crippen molar-refractivity contribution in [2.24, 2.45) is 0 Å². The van der Waals surface area contributed by atoms with E-state index in [0.717, 1.165) is 61.8 Å². The van der Waals surface area contributed by atoms with Crippen LogP contribution in [0.15, 0.2) is 109 Å². The fraction of sp³-hybridized carbons (Fsp3) is 0. The largest absolute Gasteiger partial charge is 0.458 e. The molecule has 154 valence electrons. The zero-order chi connectivity index (χ0) is 21.8. The lowest BCUT2D eigenvalue weighted by molar-refractivity contribution is 0.465. The van der Waals surface area contributed by atoms with E-state index in [0.29, 0.717) is 0 Å². The molecule has 3 heterocycles. The van der Waals surface area contributed by atoms with Gasteiger partial charge in [0.05, 0.1) is 5.69 Å². The van der Waals surface area contributed by atoms with Crippen molar-refractivity contribution in [2.75, 3.05) is 0 Å². The first kappa shape index (κ1) is 18.3. The summed E-state index contributed by atoms with van der Waals surface area (Å²) < 4.78 is 12.8. The molecule has 0 saturated heterocycles. The fourth-order valence-corrected chi connectivity index (χ4v) is 4.94. The van der Waals surface area contributed by atoms with Crippen molar-refractivity contribution in [3.63, 3.8) is 0 Å². The predicted molar refractivity (Wildman–Crippen MR) is 133 cm³/mol. The first-order valence-corrected chi connectivity index (χ1v) is 11.1. The van der Waals surface area contributed by atoms with E-state index in [4.69, 9.17) is 14.5 Å². The van der Waals surface area contributed by atoms with Crippen LogP contribution >= 0.6 is 0 Å². The topological polar surface area (TPSA) is 31.4 Å². The zero-order valence-corrected chi connectivity index (χ0v) is 17.7. The molecule has 2 aliphatic heterocycles. The van der Waals surface area contributed by atoms with E-state index in [1.54, 1.807) is 0 Å². The quantitative estimate of drug-likeness (QED) is 0.361. The molecule has 0 radical (unpaired) electrons. The number of ether oxygens (including phenoxy) is 2. The number of hydrogen-bond acceptors (Lipinski definition) is 3. The normalized spacial score (nSPS) is 12.7. The van der Waals surface area contributed by atoms with Gasteiger partial charge in [0, 0.05) is 22.8 Å². The van der Waals surface area contributed by atoms with Crippen LogP contribution < -0.4 is 25.9 Å². The van der Waals surface area contributed by atoms with Crippen LogP contribution in [-0.2, 0) is 0 Å². The number of aromatic nitrogens is 1. The number of benzene rings is 4. The first-order valence-electron chi connectivity index (χ1n) is 11.1. The molecule has 3 nitrogen and oxygen atoms in total. The van der Waals surface area contributed by atoms with Crippen molar-refractivity contribution in [3.8, 4) is 45.4 Å². The molecule has 4 aromatic carbocycles. The van der Waals surface area contributed by atoms with Gasteiger partial charge in [0.2, 0.25) is 0 Å². The van der Waals surface area contributed by atoms with Crippen LogP contribution in [0.3, 0.4) is 0 Å². The Morgan fingerprint density at radius 2 is 1.24 bits per heavy atom. The van der Waals surface area contributed by atoms with Gasteiger partial charge in [-0.1, -0.05) is 72.8 Å². The Morgan fingerprint density at radius 1 is 0.545 bits per heavy atom. The highest BCUT2D eigenvalue weighted by atomic mass is 16.5. The minimum Gasteiger partial charge on any atom is -0.458 e. The molecule has 4 heteroatoms. The van der Waals surface area contributed by atoms with Gasteiger partial charge in [0.1, 0.15) is 23.0 Å². The Kier molecular flexibility index (Phi) is 3.94. The lowest BCUT2D eigenvalue weighted by Crippen LogP contribution is -2.57. The number of hydrogen-bond donors (Lipinski definition) is 0. The van der Waals surface area contributed by atoms with Crippen molar-refractivity contribution >= 4 is 23.1 Å². The molecule has 0 bridgehead atoms. The van der Waals surface area contributed by atoms with Crippen LogP contribution in [-0.4, -0.2) is 11.7 Å². The van der Waals surface area contributed by atoms with Crippen LogP contribution in [0, 0.1) is 0 Å². The van der Waals surface area contributed by atoms with Gasteiger partial charge in [-0.15, -0.1) is 0 Å². The molecule has 7 rings (SSSR count). The van der Waals surface area contributed by atoms with Crippen LogP contribution in [0.2, 0.25) is 0 Å². The maximum Gasteiger partial charge on any atom is 0.260 e. The van der Waals surface area contributed by atoms with E-state index in [1.165, 1.54) is 0 Å². The molecule has 5 aromatic rings. The van der Waals surface area contributed by atoms with Crippen molar-refractivity contribution in [3.05, 3.63) is 109 Å². The number of pyridine rings is 1. The number of fused-ring (bicyclic) bond motifs is 4. The molecule has 0 fully saturated rings. The lowest BCUT2D eigenvalue weighted by atomic mass is 9.34. The predicted octanol–water partition coefficient (Wildman–Crippen LogP) is 5.14. The SMILES string of the molecule is c1ccc(-c2ccc(-c3ccc4c5c3Oc3ccccc3B5c3ccccc3O4)nc2)cc1. The van der Waals surface area contributed by atoms with Gasteiger partial charge in [-0.2, -0.15) is 0 Å². The molecule has 1 aromatic heterocycles. The van der Waals surface area contributed by atoms with Gasteiger partial charge in [-0.25, -0.2) is 0 Å². The second kappa shape index (κ2) is 7.11. The summed E-state index contributed by atoms with van der Waals surface area (Å²) >= 11 is 0. The standard InChI is InChI=1S/C29H18BNO2/c1-2-8-19(9-3-1)20-14-16-24(31-18-20)21-15-17-27-28-29(21)33-26-13-7-5-11-23(26)30(28)22-10-4-6-12-25(22)32-27/h1-18H. The zero-order valence-electron chi connectivity index (χ0n) is 17.7. The summed E-state index contributed by atoms with van der Waals surface area (Å²) in [7, 11) is 0. The summed E-state index contributed by atoms with van der Waals surface area (Å²) in [5.74, 6) is 3.44. The molecular formula is C29H18BNO2. The van der Waals surface area contributed by atoms with Gasteiger partial charge in [-0.3, -0.25) is 4.98 Å². The molecule has 2 aliphatic rings. The van der Waals surface area contributed by atoms with E-state index >= 15 is 0 Å². The smallest absolute Gasteiger partial charge is 0.260 e. The third-order valence-corrected chi connectivity index (χ3v) is 6.48. The van der Waals surface area contributed by atoms with E-state index in [1.807, 2.05) is 54.7 Å². The van der Waals surface area contributed by atoms with E-state index in [9.17, 15) is 0 Å². The van der Waals surface area contributed by atoms with Gasteiger partial charge >= 0.3 is 0 Å². The first-order chi connectivity index (χ1) is 16.4. The van der Waals surface area contributed by atoms with Crippen LogP contribution in [0.25, 0.3) is 22.4 Å². The van der Waals surface area contributed by atoms with E-state index in [2.05, 4.69) is 54.6 Å². The van der Waals surface area contributed by atoms with E-state index < -0.39 is 0 Å². The second-order valence-corrected chi connectivity index (χ2v) is 8.36. The number of rotatable bonds is 2. The fourth-order valence-electron chi connectivity index (χ4n) is 4.94. The maximum atomic E-state index is 6.52. The second-order valence-electron chi connectivity index (χ2n) is 8.36. The summed E-state index contributed by atoms with van der Waals surface area (Å²) in [5.41, 5.74) is 7.48. The minimum absolute atomic E-state index is 0.0634. The highest BCUT2D eigenvalue weighted by Crippen LogP contribution is 2.40. The maximum absolute atomic E-state index is 6.52. The van der Waals surface area contributed by atoms with Crippen LogP contribution in [0.4, 0.5) is 0 Å². The van der Waals surface area contributed by atoms with E-state index in [-0.39, 0.29) is 6.71 Å². The molecule has 0 unspecified atom stereocenters. The molecule has 0 atom stereocenters. The molecule has 0 saturated carbocycles. The Labute approximate surface area is 192 Å². The Bertz CT molecular complexity index is 1500. The molecule has 0 spiro atoms. The number of para-hydroxylation sites is 2. The van der Waals surface area contributed by atoms with Crippen molar-refractivity contribution in [1.82, 2.24) is 4.98 Å². The van der Waals surface area contributed by atoms with Gasteiger partial charge in [0.15, 0.2) is 0 Å². The molecule has 0 aliphatic carbocycles. The van der Waals surface area contributed by atoms with Crippen molar-refractivity contribution in [1.29, 1.82) is 0 Å². The molecule has 33 heavy (non-hydrogen) atoms. The minimum atomic E-state index is 0.0634. The summed E-state index contributed by atoms with van der Waals surface area (Å²) in [6.07, 6.45) is 1.93. The van der Waals surface area contributed by atoms with Gasteiger partial charge in [0.25, 0.3) is 6.71 Å². The Balaban J connectivity index is 1.41. The summed E-state index contributed by atoms with van der Waals surface area (Å²) in [6.45, 7) is 0.0634. The third kappa shape index (κ3) is 2.81. The third-order valence-electron chi connectivity index (χ3n) is 6.48. The summed E-state index contributed by atoms with van der Waals surface area (Å²) in [4.78, 5) is 4.81. The Hall–Kier alpha value is -4.31.